The van der Waals surface area contributed by atoms with Crippen LogP contribution in [0.25, 0.3) is 11.3 Å². The molecule has 0 saturated carbocycles. The van der Waals surface area contributed by atoms with Crippen LogP contribution >= 0.6 is 0 Å². The van der Waals surface area contributed by atoms with Gasteiger partial charge in [0.2, 0.25) is 0 Å². The van der Waals surface area contributed by atoms with Crippen molar-refractivity contribution in [2.75, 3.05) is 24.5 Å². The Hall–Kier alpha value is -2.70. The molecular formula is C21H27FN6. The predicted molar refractivity (Wildman–Crippen MR) is 110 cm³/mol. The van der Waals surface area contributed by atoms with Gasteiger partial charge in [-0.1, -0.05) is 6.08 Å². The Labute approximate surface area is 165 Å². The molecule has 1 unspecified atom stereocenters. The fourth-order valence-electron chi connectivity index (χ4n) is 4.25. The number of rotatable bonds is 5. The highest BCUT2D eigenvalue weighted by molar-refractivity contribution is 5.93. The molecule has 4 heterocycles. The van der Waals surface area contributed by atoms with Crippen molar-refractivity contribution in [2.24, 2.45) is 12.0 Å². The Morgan fingerprint density at radius 2 is 2.25 bits per heavy atom. The molecule has 0 radical (unpaired) electrons. The molecule has 2 aliphatic heterocycles. The maximum absolute atomic E-state index is 15.5. The quantitative estimate of drug-likeness (QED) is 0.796. The highest BCUT2D eigenvalue weighted by atomic mass is 19.1. The van der Waals surface area contributed by atoms with Crippen molar-refractivity contribution in [2.45, 2.75) is 39.3 Å². The van der Waals surface area contributed by atoms with Crippen molar-refractivity contribution in [3.63, 3.8) is 0 Å². The Bertz CT molecular complexity index is 916. The van der Waals surface area contributed by atoms with E-state index in [9.17, 15) is 0 Å². The summed E-state index contributed by atoms with van der Waals surface area (Å²) in [6.07, 6.45) is 11.8. The molecule has 0 spiro atoms. The minimum atomic E-state index is -0.231. The fourth-order valence-corrected chi connectivity index (χ4v) is 4.25. The average molecular weight is 382 g/mol. The monoisotopic (exact) mass is 382 g/mol. The lowest BCUT2D eigenvalue weighted by atomic mass is 10.0. The second kappa shape index (κ2) is 7.73. The van der Waals surface area contributed by atoms with E-state index in [4.69, 9.17) is 4.98 Å². The van der Waals surface area contributed by atoms with Gasteiger partial charge in [-0.15, -0.1) is 0 Å². The molecule has 4 rings (SSSR count). The lowest BCUT2D eigenvalue weighted by Crippen LogP contribution is -2.47. The zero-order valence-corrected chi connectivity index (χ0v) is 16.8. The summed E-state index contributed by atoms with van der Waals surface area (Å²) in [6.45, 7) is 7.12. The number of aliphatic imine (C=N–C) groups is 1. The van der Waals surface area contributed by atoms with Gasteiger partial charge < -0.3 is 9.80 Å². The van der Waals surface area contributed by atoms with Crippen molar-refractivity contribution in [3.8, 4) is 11.3 Å². The van der Waals surface area contributed by atoms with Crippen molar-refractivity contribution < 1.29 is 4.39 Å². The lowest BCUT2D eigenvalue weighted by molar-refractivity contribution is 0.271. The lowest BCUT2D eigenvalue weighted by Gasteiger charge is -2.39. The number of anilines is 1. The third-order valence-corrected chi connectivity index (χ3v) is 5.55. The molecule has 2 aliphatic rings. The van der Waals surface area contributed by atoms with Gasteiger partial charge in [-0.05, 0) is 32.9 Å². The SMILES string of the molecule is CC=CN1CCCC(N(CC)c2nc(-c3cnn(C)c3)c3c(c2F)CN=C3)C1. The Balaban J connectivity index is 1.76. The summed E-state index contributed by atoms with van der Waals surface area (Å²) >= 11 is 0. The number of nitrogens with zero attached hydrogens (tertiary/aromatic N) is 6. The van der Waals surface area contributed by atoms with Crippen molar-refractivity contribution in [1.82, 2.24) is 19.7 Å². The molecule has 1 fully saturated rings. The molecule has 1 atom stereocenters. The van der Waals surface area contributed by atoms with Crippen molar-refractivity contribution in [1.29, 1.82) is 0 Å². The largest absolute Gasteiger partial charge is 0.376 e. The predicted octanol–water partition coefficient (Wildman–Crippen LogP) is 3.38. The third kappa shape index (κ3) is 3.30. The number of likely N-dealkylation sites (tertiary alicyclic amines) is 1. The third-order valence-electron chi connectivity index (χ3n) is 5.55. The molecule has 0 bridgehead atoms. The number of allylic oxidation sites excluding steroid dienone is 1. The first-order valence-corrected chi connectivity index (χ1v) is 9.97. The first-order valence-electron chi connectivity index (χ1n) is 9.97. The van der Waals surface area contributed by atoms with Crippen LogP contribution in [0.3, 0.4) is 0 Å². The van der Waals surface area contributed by atoms with Gasteiger partial charge in [-0.3, -0.25) is 9.67 Å². The molecule has 148 valence electrons. The molecule has 7 heteroatoms. The number of hydrogen-bond acceptors (Lipinski definition) is 5. The molecule has 6 nitrogen and oxygen atoms in total. The number of aromatic nitrogens is 3. The van der Waals surface area contributed by atoms with E-state index in [1.165, 1.54) is 0 Å². The Morgan fingerprint density at radius 3 is 2.96 bits per heavy atom. The first-order chi connectivity index (χ1) is 13.6. The zero-order chi connectivity index (χ0) is 19.7. The Kier molecular flexibility index (Phi) is 5.15. The van der Waals surface area contributed by atoms with E-state index in [0.717, 1.165) is 42.8 Å². The number of hydrogen-bond donors (Lipinski definition) is 0. The summed E-state index contributed by atoms with van der Waals surface area (Å²) in [4.78, 5) is 13.6. The van der Waals surface area contributed by atoms with Crippen LogP contribution in [0.15, 0.2) is 29.7 Å². The zero-order valence-electron chi connectivity index (χ0n) is 16.8. The maximum atomic E-state index is 15.5. The summed E-state index contributed by atoms with van der Waals surface area (Å²) < 4.78 is 17.2. The number of piperidine rings is 1. The number of likely N-dealkylation sites (N-methyl/N-ethyl adjacent to an activating group) is 1. The van der Waals surface area contributed by atoms with E-state index in [0.29, 0.717) is 24.5 Å². The summed E-state index contributed by atoms with van der Waals surface area (Å²) in [5.41, 5.74) is 3.08. The molecule has 0 aliphatic carbocycles. The molecule has 0 N–H and O–H groups in total. The molecule has 28 heavy (non-hydrogen) atoms. The summed E-state index contributed by atoms with van der Waals surface area (Å²) in [5.74, 6) is 0.211. The van der Waals surface area contributed by atoms with Crippen LogP contribution < -0.4 is 4.90 Å². The topological polar surface area (TPSA) is 49.6 Å². The van der Waals surface area contributed by atoms with E-state index >= 15 is 4.39 Å². The first kappa shape index (κ1) is 18.7. The van der Waals surface area contributed by atoms with Gasteiger partial charge in [0.15, 0.2) is 11.6 Å². The van der Waals surface area contributed by atoms with E-state index in [-0.39, 0.29) is 11.9 Å². The van der Waals surface area contributed by atoms with Gasteiger partial charge in [0.25, 0.3) is 0 Å². The average Bonchev–Trinajstić information content (AvgIpc) is 3.34. The minimum absolute atomic E-state index is 0.231. The van der Waals surface area contributed by atoms with Crippen LogP contribution in [0.4, 0.5) is 10.2 Å². The molecule has 0 amide bonds. The van der Waals surface area contributed by atoms with Gasteiger partial charge >= 0.3 is 0 Å². The van der Waals surface area contributed by atoms with Gasteiger partial charge in [0.1, 0.15) is 0 Å². The van der Waals surface area contributed by atoms with Crippen LogP contribution in [-0.2, 0) is 13.6 Å². The molecule has 0 aromatic carbocycles. The van der Waals surface area contributed by atoms with Gasteiger partial charge in [-0.2, -0.15) is 5.10 Å². The van der Waals surface area contributed by atoms with Crippen LogP contribution in [0.1, 0.15) is 37.8 Å². The molecular weight excluding hydrogens is 355 g/mol. The van der Waals surface area contributed by atoms with Crippen molar-refractivity contribution >= 4 is 12.0 Å². The van der Waals surface area contributed by atoms with E-state index in [2.05, 4.69) is 39.1 Å². The highest BCUT2D eigenvalue weighted by Crippen LogP contribution is 2.34. The standard InChI is InChI=1S/C21H27FN6/c1-4-8-27-9-6-7-16(14-27)28(5-2)21-19(22)17-11-23-12-18(17)20(25-21)15-10-24-26(3)13-15/h4,8,10,12-13,16H,5-7,9,11,14H2,1-3H3. The van der Waals surface area contributed by atoms with Gasteiger partial charge in [0.05, 0.1) is 18.4 Å². The number of fused-ring (bicyclic) bond motifs is 1. The molecule has 2 aromatic heterocycles. The molecule has 1 saturated heterocycles. The summed E-state index contributed by atoms with van der Waals surface area (Å²) in [6, 6.07) is 0.235. The van der Waals surface area contributed by atoms with Crippen LogP contribution in [0, 0.1) is 5.82 Å². The number of pyridine rings is 1. The summed E-state index contributed by atoms with van der Waals surface area (Å²) in [7, 11) is 1.87. The number of halogens is 1. The molecule has 2 aromatic rings. The van der Waals surface area contributed by atoms with Gasteiger partial charge in [0, 0.05) is 61.8 Å². The van der Waals surface area contributed by atoms with Crippen LogP contribution in [0.2, 0.25) is 0 Å². The second-order valence-corrected chi connectivity index (χ2v) is 7.42. The van der Waals surface area contributed by atoms with Crippen LogP contribution in [0.5, 0.6) is 0 Å². The normalized spacial score (nSPS) is 18.9. The number of aryl methyl sites for hydroxylation is 1. The van der Waals surface area contributed by atoms with E-state index in [1.54, 1.807) is 17.1 Å². The van der Waals surface area contributed by atoms with E-state index in [1.807, 2.05) is 20.2 Å². The van der Waals surface area contributed by atoms with Crippen molar-refractivity contribution in [3.05, 3.63) is 41.6 Å². The maximum Gasteiger partial charge on any atom is 0.171 e. The highest BCUT2D eigenvalue weighted by Gasteiger charge is 2.30. The van der Waals surface area contributed by atoms with Crippen LogP contribution in [-0.4, -0.2) is 51.6 Å². The smallest absolute Gasteiger partial charge is 0.171 e. The minimum Gasteiger partial charge on any atom is -0.376 e. The Morgan fingerprint density at radius 1 is 1.39 bits per heavy atom. The van der Waals surface area contributed by atoms with E-state index < -0.39 is 0 Å². The summed E-state index contributed by atoms with van der Waals surface area (Å²) in [5, 5.41) is 4.27. The second-order valence-electron chi connectivity index (χ2n) is 7.42. The fraction of sp³-hybridized carbons (Fsp3) is 0.476. The van der Waals surface area contributed by atoms with Gasteiger partial charge in [-0.25, -0.2) is 9.37 Å².